The molecule has 2 aromatic rings. The van der Waals surface area contributed by atoms with Crippen molar-refractivity contribution in [1.82, 2.24) is 0 Å². The van der Waals surface area contributed by atoms with Gasteiger partial charge in [-0.3, -0.25) is 0 Å². The Bertz CT molecular complexity index is 672. The zero-order valence-corrected chi connectivity index (χ0v) is 10.1. The zero-order valence-electron chi connectivity index (χ0n) is 9.28. The Balaban J connectivity index is 2.34. The first-order chi connectivity index (χ1) is 8.50. The Kier molecular flexibility index (Phi) is 3.17. The van der Waals surface area contributed by atoms with Crippen LogP contribution in [0.1, 0.15) is 5.76 Å². The smallest absolute Gasteiger partial charge is 0.238 e. The van der Waals surface area contributed by atoms with Gasteiger partial charge >= 0.3 is 0 Å². The Morgan fingerprint density at radius 3 is 2.33 bits per heavy atom. The van der Waals surface area contributed by atoms with E-state index in [0.29, 0.717) is 11.5 Å². The monoisotopic (exact) mass is 265 g/mol. The largest absolute Gasteiger partial charge is 0.455 e. The standard InChI is InChI=1S/C11H11N3O3S/c12-14-7-9-3-6-11(17-9)8-1-4-10(5-2-8)18(13,15)16/h1-7H,12H2,(H2,13,15,16). The van der Waals surface area contributed by atoms with Crippen molar-refractivity contribution in [1.29, 1.82) is 0 Å². The lowest BCUT2D eigenvalue weighted by Gasteiger charge is -1.99. The van der Waals surface area contributed by atoms with Crippen LogP contribution in [0.5, 0.6) is 0 Å². The van der Waals surface area contributed by atoms with E-state index in [1.807, 2.05) is 0 Å². The minimum Gasteiger partial charge on any atom is -0.455 e. The molecule has 94 valence electrons. The van der Waals surface area contributed by atoms with Gasteiger partial charge in [-0.1, -0.05) is 0 Å². The van der Waals surface area contributed by atoms with Crippen molar-refractivity contribution in [3.05, 3.63) is 42.2 Å². The number of furan rings is 1. The average molecular weight is 265 g/mol. The first-order valence-corrected chi connectivity index (χ1v) is 6.51. The van der Waals surface area contributed by atoms with E-state index in [1.165, 1.54) is 18.3 Å². The second kappa shape index (κ2) is 4.63. The molecule has 1 heterocycles. The highest BCUT2D eigenvalue weighted by atomic mass is 32.2. The van der Waals surface area contributed by atoms with Crippen molar-refractivity contribution in [2.75, 3.05) is 0 Å². The predicted molar refractivity (Wildman–Crippen MR) is 67.3 cm³/mol. The molecule has 0 fully saturated rings. The van der Waals surface area contributed by atoms with Crippen LogP contribution in [0.3, 0.4) is 0 Å². The Morgan fingerprint density at radius 1 is 1.11 bits per heavy atom. The molecule has 0 saturated carbocycles. The highest BCUT2D eigenvalue weighted by Crippen LogP contribution is 2.22. The zero-order chi connectivity index (χ0) is 13.2. The highest BCUT2D eigenvalue weighted by molar-refractivity contribution is 7.89. The molecule has 1 aromatic carbocycles. The van der Waals surface area contributed by atoms with Crippen LogP contribution in [-0.2, 0) is 10.0 Å². The number of nitrogens with two attached hydrogens (primary N) is 2. The molecule has 0 radical (unpaired) electrons. The molecule has 0 saturated heterocycles. The maximum Gasteiger partial charge on any atom is 0.238 e. The van der Waals surface area contributed by atoms with Gasteiger partial charge < -0.3 is 10.3 Å². The van der Waals surface area contributed by atoms with Crippen molar-refractivity contribution in [2.24, 2.45) is 16.1 Å². The SMILES string of the molecule is NN=Cc1ccc(-c2ccc(S(N)(=O)=O)cc2)o1. The lowest BCUT2D eigenvalue weighted by atomic mass is 10.2. The summed E-state index contributed by atoms with van der Waals surface area (Å²) in [7, 11) is -3.67. The molecule has 0 unspecified atom stereocenters. The van der Waals surface area contributed by atoms with Crippen molar-refractivity contribution in [2.45, 2.75) is 4.90 Å². The fraction of sp³-hybridized carbons (Fsp3) is 0. The second-order valence-corrected chi connectivity index (χ2v) is 5.11. The minimum absolute atomic E-state index is 0.0570. The third kappa shape index (κ3) is 2.58. The highest BCUT2D eigenvalue weighted by Gasteiger charge is 2.09. The molecule has 0 aliphatic heterocycles. The van der Waals surface area contributed by atoms with Crippen LogP contribution >= 0.6 is 0 Å². The summed E-state index contributed by atoms with van der Waals surface area (Å²) in [5.74, 6) is 6.11. The van der Waals surface area contributed by atoms with Crippen molar-refractivity contribution in [3.8, 4) is 11.3 Å². The molecule has 7 heteroatoms. The number of sulfonamides is 1. The third-order valence-electron chi connectivity index (χ3n) is 2.30. The summed E-state index contributed by atoms with van der Waals surface area (Å²) in [6.07, 6.45) is 1.38. The number of nitrogens with zero attached hydrogens (tertiary/aromatic N) is 1. The summed E-state index contributed by atoms with van der Waals surface area (Å²) in [5, 5.41) is 8.35. The summed E-state index contributed by atoms with van der Waals surface area (Å²) in [6.45, 7) is 0. The van der Waals surface area contributed by atoms with E-state index in [-0.39, 0.29) is 4.90 Å². The number of benzene rings is 1. The summed E-state index contributed by atoms with van der Waals surface area (Å²) in [6, 6.07) is 9.51. The van der Waals surface area contributed by atoms with E-state index < -0.39 is 10.0 Å². The van der Waals surface area contributed by atoms with Gasteiger partial charge in [-0.15, -0.1) is 0 Å². The fourth-order valence-corrected chi connectivity index (χ4v) is 1.98. The lowest BCUT2D eigenvalue weighted by Crippen LogP contribution is -2.11. The maximum absolute atomic E-state index is 11.1. The van der Waals surface area contributed by atoms with Gasteiger partial charge in [-0.25, -0.2) is 13.6 Å². The molecule has 0 aliphatic carbocycles. The van der Waals surface area contributed by atoms with Crippen LogP contribution in [-0.4, -0.2) is 14.6 Å². The van der Waals surface area contributed by atoms with E-state index in [9.17, 15) is 8.42 Å². The summed E-state index contributed by atoms with van der Waals surface area (Å²) in [5.41, 5.74) is 0.735. The number of hydrogen-bond acceptors (Lipinski definition) is 5. The number of rotatable bonds is 3. The van der Waals surface area contributed by atoms with Gasteiger partial charge in [0.05, 0.1) is 11.1 Å². The average Bonchev–Trinajstić information content (AvgIpc) is 2.77. The lowest BCUT2D eigenvalue weighted by molar-refractivity contribution is 0.574. The first-order valence-electron chi connectivity index (χ1n) is 4.97. The summed E-state index contributed by atoms with van der Waals surface area (Å²) >= 11 is 0. The third-order valence-corrected chi connectivity index (χ3v) is 3.23. The molecule has 0 amide bonds. The van der Waals surface area contributed by atoms with E-state index in [2.05, 4.69) is 5.10 Å². The maximum atomic E-state index is 11.1. The minimum atomic E-state index is -3.67. The molecular weight excluding hydrogens is 254 g/mol. The summed E-state index contributed by atoms with van der Waals surface area (Å²) < 4.78 is 27.6. The predicted octanol–water partition coefficient (Wildman–Crippen LogP) is 0.887. The Labute approximate surface area is 104 Å². The van der Waals surface area contributed by atoms with Crippen molar-refractivity contribution < 1.29 is 12.8 Å². The second-order valence-electron chi connectivity index (χ2n) is 3.55. The van der Waals surface area contributed by atoms with Gasteiger partial charge in [-0.05, 0) is 36.4 Å². The molecule has 0 bridgehead atoms. The van der Waals surface area contributed by atoms with Crippen LogP contribution < -0.4 is 11.0 Å². The van der Waals surface area contributed by atoms with Crippen LogP contribution in [0.25, 0.3) is 11.3 Å². The van der Waals surface area contributed by atoms with Crippen LogP contribution in [0.4, 0.5) is 0 Å². The van der Waals surface area contributed by atoms with Crippen molar-refractivity contribution in [3.63, 3.8) is 0 Å². The molecule has 6 nitrogen and oxygen atoms in total. The van der Waals surface area contributed by atoms with Gasteiger partial charge in [0.1, 0.15) is 11.5 Å². The van der Waals surface area contributed by atoms with Crippen LogP contribution in [0, 0.1) is 0 Å². The molecule has 4 N–H and O–H groups in total. The van der Waals surface area contributed by atoms with Crippen LogP contribution in [0.15, 0.2) is 50.8 Å². The van der Waals surface area contributed by atoms with E-state index in [0.717, 1.165) is 5.56 Å². The molecule has 2 rings (SSSR count). The number of hydrazone groups is 1. The van der Waals surface area contributed by atoms with Gasteiger partial charge in [-0.2, -0.15) is 5.10 Å². The summed E-state index contributed by atoms with van der Waals surface area (Å²) in [4.78, 5) is 0.0570. The van der Waals surface area contributed by atoms with E-state index in [4.69, 9.17) is 15.4 Å². The van der Waals surface area contributed by atoms with Gasteiger partial charge in [0.25, 0.3) is 0 Å². The number of hydrogen-bond donors (Lipinski definition) is 2. The molecular formula is C11H11N3O3S. The van der Waals surface area contributed by atoms with E-state index in [1.54, 1.807) is 24.3 Å². The van der Waals surface area contributed by atoms with Gasteiger partial charge in [0.2, 0.25) is 10.0 Å². The first kappa shape index (κ1) is 12.3. The van der Waals surface area contributed by atoms with Crippen molar-refractivity contribution >= 4 is 16.2 Å². The Hall–Kier alpha value is -2.12. The van der Waals surface area contributed by atoms with Gasteiger partial charge in [0, 0.05) is 5.56 Å². The molecule has 1 aromatic heterocycles. The molecule has 0 spiro atoms. The normalized spacial score (nSPS) is 12.1. The topological polar surface area (TPSA) is 112 Å². The number of primary sulfonamides is 1. The van der Waals surface area contributed by atoms with Gasteiger partial charge in [0.15, 0.2) is 0 Å². The van der Waals surface area contributed by atoms with E-state index >= 15 is 0 Å². The quantitative estimate of drug-likeness (QED) is 0.487. The molecule has 0 atom stereocenters. The Morgan fingerprint density at radius 2 is 1.78 bits per heavy atom. The molecule has 0 aliphatic rings. The fourth-order valence-electron chi connectivity index (χ4n) is 1.46. The molecule has 18 heavy (non-hydrogen) atoms. The van der Waals surface area contributed by atoms with Crippen LogP contribution in [0.2, 0.25) is 0 Å².